The first-order valence-corrected chi connectivity index (χ1v) is 15.1. The molecule has 0 spiro atoms. The van der Waals surface area contributed by atoms with Gasteiger partial charge in [0.2, 0.25) is 17.7 Å². The predicted molar refractivity (Wildman–Crippen MR) is 165 cm³/mol. The van der Waals surface area contributed by atoms with Gasteiger partial charge in [-0.3, -0.25) is 19.2 Å². The lowest BCUT2D eigenvalue weighted by atomic mass is 9.99. The Morgan fingerprint density at radius 3 is 2.36 bits per heavy atom. The summed E-state index contributed by atoms with van der Waals surface area (Å²) in [4.78, 5) is 57.1. The van der Waals surface area contributed by atoms with Crippen LogP contribution < -0.4 is 20.1 Å². The first kappa shape index (κ1) is 34.3. The zero-order valence-corrected chi connectivity index (χ0v) is 26.5. The maximum absolute atomic E-state index is 13.9. The quantitative estimate of drug-likeness (QED) is 0.447. The third-order valence-corrected chi connectivity index (χ3v) is 7.43. The van der Waals surface area contributed by atoms with Crippen molar-refractivity contribution in [2.24, 2.45) is 11.8 Å². The van der Waals surface area contributed by atoms with Crippen LogP contribution in [0.1, 0.15) is 57.3 Å². The zero-order chi connectivity index (χ0) is 32.4. The van der Waals surface area contributed by atoms with E-state index in [2.05, 4.69) is 24.5 Å². The summed E-state index contributed by atoms with van der Waals surface area (Å²) in [7, 11) is 3.21. The number of likely N-dealkylation sites (N-methyl/N-ethyl adjacent to an activating group) is 2. The summed E-state index contributed by atoms with van der Waals surface area (Å²) in [6.07, 6.45) is 0.654. The molecule has 0 unspecified atom stereocenters. The molecule has 4 amide bonds. The molecule has 0 radical (unpaired) electrons. The van der Waals surface area contributed by atoms with Crippen LogP contribution in [-0.2, 0) is 14.4 Å². The van der Waals surface area contributed by atoms with E-state index in [4.69, 9.17) is 9.47 Å². The first-order valence-electron chi connectivity index (χ1n) is 15.1. The number of nitrogens with zero attached hydrogens (tertiary/aromatic N) is 2. The van der Waals surface area contributed by atoms with Gasteiger partial charge in [0.05, 0.1) is 24.6 Å². The summed E-state index contributed by atoms with van der Waals surface area (Å²) in [6.45, 7) is 8.22. The maximum Gasteiger partial charge on any atom is 0.255 e. The fourth-order valence-corrected chi connectivity index (χ4v) is 5.07. The number of fused-ring (bicyclic) bond motifs is 1. The van der Waals surface area contributed by atoms with E-state index in [1.165, 1.54) is 24.1 Å². The van der Waals surface area contributed by atoms with Crippen LogP contribution in [0.4, 0.5) is 4.39 Å². The van der Waals surface area contributed by atoms with E-state index >= 15 is 0 Å². The van der Waals surface area contributed by atoms with Crippen LogP contribution >= 0.6 is 0 Å². The highest BCUT2D eigenvalue weighted by Gasteiger charge is 2.33. The molecule has 2 N–H and O–H groups in total. The highest BCUT2D eigenvalue weighted by atomic mass is 19.1. The van der Waals surface area contributed by atoms with Crippen molar-refractivity contribution < 1.29 is 33.0 Å². The number of carbonyl (C=O) groups excluding carboxylic acids is 4. The Kier molecular flexibility index (Phi) is 12.5. The number of ether oxygens (including phenoxy) is 2. The van der Waals surface area contributed by atoms with Crippen molar-refractivity contribution in [1.82, 2.24) is 20.4 Å². The number of rotatable bonds is 9. The summed E-state index contributed by atoms with van der Waals surface area (Å²) >= 11 is 0. The molecule has 0 fully saturated rings. The van der Waals surface area contributed by atoms with Crippen molar-refractivity contribution >= 4 is 23.6 Å². The third kappa shape index (κ3) is 9.68. The van der Waals surface area contributed by atoms with Gasteiger partial charge in [-0.25, -0.2) is 4.39 Å². The molecule has 0 saturated carbocycles. The molecule has 1 heterocycles. The highest BCUT2D eigenvalue weighted by Crippen LogP contribution is 2.22. The van der Waals surface area contributed by atoms with Crippen LogP contribution in [0.5, 0.6) is 11.5 Å². The van der Waals surface area contributed by atoms with Gasteiger partial charge in [0.25, 0.3) is 5.91 Å². The van der Waals surface area contributed by atoms with E-state index < -0.39 is 42.0 Å². The third-order valence-electron chi connectivity index (χ3n) is 7.43. The van der Waals surface area contributed by atoms with Crippen molar-refractivity contribution in [3.05, 3.63) is 59.9 Å². The Balaban J connectivity index is 1.89. The molecule has 0 saturated heterocycles. The molecule has 11 heteroatoms. The molecule has 3 atom stereocenters. The maximum atomic E-state index is 13.9. The van der Waals surface area contributed by atoms with Crippen LogP contribution in [0.2, 0.25) is 0 Å². The van der Waals surface area contributed by atoms with Gasteiger partial charge in [0.1, 0.15) is 31.0 Å². The molecule has 0 aromatic heterocycles. The van der Waals surface area contributed by atoms with Crippen molar-refractivity contribution in [2.75, 3.05) is 33.9 Å². The van der Waals surface area contributed by atoms with Gasteiger partial charge in [0, 0.05) is 14.1 Å². The molecule has 10 nitrogen and oxygen atoms in total. The second-order valence-electron chi connectivity index (χ2n) is 12.1. The zero-order valence-electron chi connectivity index (χ0n) is 26.5. The van der Waals surface area contributed by atoms with E-state index in [9.17, 15) is 23.6 Å². The summed E-state index contributed by atoms with van der Waals surface area (Å²) in [6, 6.07) is 10.2. The van der Waals surface area contributed by atoms with E-state index in [0.29, 0.717) is 18.6 Å². The lowest BCUT2D eigenvalue weighted by molar-refractivity contribution is -0.139. The second-order valence-corrected chi connectivity index (χ2v) is 12.1. The van der Waals surface area contributed by atoms with E-state index in [1.807, 2.05) is 13.8 Å². The Morgan fingerprint density at radius 2 is 1.68 bits per heavy atom. The number of amides is 4. The fraction of sp³-hybridized carbons (Fsp3) is 0.515. The minimum absolute atomic E-state index is 0.0123. The van der Waals surface area contributed by atoms with Crippen LogP contribution in [0, 0.1) is 17.7 Å². The van der Waals surface area contributed by atoms with Gasteiger partial charge < -0.3 is 29.9 Å². The lowest BCUT2D eigenvalue weighted by Crippen LogP contribution is -2.55. The van der Waals surface area contributed by atoms with Crippen LogP contribution in [0.25, 0.3) is 0 Å². The van der Waals surface area contributed by atoms with Crippen LogP contribution in [-0.4, -0.2) is 85.4 Å². The fourth-order valence-electron chi connectivity index (χ4n) is 5.07. The van der Waals surface area contributed by atoms with E-state index in [-0.39, 0.29) is 54.9 Å². The topological polar surface area (TPSA) is 117 Å². The molecular formula is C33H45FN4O6. The smallest absolute Gasteiger partial charge is 0.255 e. The first-order chi connectivity index (χ1) is 20.9. The lowest BCUT2D eigenvalue weighted by Gasteiger charge is -2.34. The highest BCUT2D eigenvalue weighted by molar-refractivity contribution is 6.01. The Bertz CT molecular complexity index is 1300. The molecule has 1 aliphatic heterocycles. The van der Waals surface area contributed by atoms with Crippen molar-refractivity contribution in [1.29, 1.82) is 0 Å². The summed E-state index contributed by atoms with van der Waals surface area (Å²) in [5, 5.41) is 5.53. The number of benzene rings is 2. The monoisotopic (exact) mass is 612 g/mol. The number of halogens is 1. The van der Waals surface area contributed by atoms with Gasteiger partial charge in [0.15, 0.2) is 11.6 Å². The summed E-state index contributed by atoms with van der Waals surface area (Å²) in [5.74, 6) is -1.73. The Labute approximate surface area is 259 Å². The van der Waals surface area contributed by atoms with Crippen LogP contribution in [0.3, 0.4) is 0 Å². The number of hydrogen-bond acceptors (Lipinski definition) is 6. The second kappa shape index (κ2) is 16.1. The number of hydrogen-bond donors (Lipinski definition) is 2. The summed E-state index contributed by atoms with van der Waals surface area (Å²) in [5.41, 5.74) is 0.197. The van der Waals surface area contributed by atoms with E-state index in [1.54, 1.807) is 48.3 Å². The molecule has 2 aromatic rings. The summed E-state index contributed by atoms with van der Waals surface area (Å²) < 4.78 is 25.6. The van der Waals surface area contributed by atoms with Gasteiger partial charge >= 0.3 is 0 Å². The van der Waals surface area contributed by atoms with Gasteiger partial charge in [-0.15, -0.1) is 0 Å². The molecule has 0 bridgehead atoms. The minimum Gasteiger partial charge on any atom is -0.491 e. The molecule has 240 valence electrons. The van der Waals surface area contributed by atoms with Gasteiger partial charge in [-0.2, -0.15) is 0 Å². The standard InChI is InChI=1S/C33H45FN4O6/c1-21(2)17-23-20-44-28-13-9-7-11-24(28)31(40)36-27(19-30(39)35-26(18-22(3)4)33(42)38(23)6)32(41)37(5)15-16-43-29-14-10-8-12-25(29)34/h7-14,21-23,26-27H,15-20H2,1-6H3,(H,35,39)(H,36,40)/t23-,26-,27-/m0/s1. The number of carbonyl (C=O) groups is 4. The minimum atomic E-state index is -1.25. The number of nitrogens with one attached hydrogen (secondary N) is 2. The average Bonchev–Trinajstić information content (AvgIpc) is 2.97. The van der Waals surface area contributed by atoms with Crippen LogP contribution in [0.15, 0.2) is 48.5 Å². The Morgan fingerprint density at radius 1 is 1.02 bits per heavy atom. The average molecular weight is 613 g/mol. The largest absolute Gasteiger partial charge is 0.491 e. The normalized spacial score (nSPS) is 19.9. The van der Waals surface area contributed by atoms with Crippen molar-refractivity contribution in [3.8, 4) is 11.5 Å². The molecule has 44 heavy (non-hydrogen) atoms. The molecular weight excluding hydrogens is 567 g/mol. The molecule has 0 aliphatic carbocycles. The molecule has 1 aliphatic rings. The Hall–Kier alpha value is -4.15. The van der Waals surface area contributed by atoms with Gasteiger partial charge in [-0.05, 0) is 48.9 Å². The van der Waals surface area contributed by atoms with Gasteiger partial charge in [-0.1, -0.05) is 52.0 Å². The molecule has 3 rings (SSSR count). The predicted octanol–water partition coefficient (Wildman–Crippen LogP) is 3.65. The molecule has 2 aromatic carbocycles. The SMILES string of the molecule is CC(C)C[C@H]1COc2ccccc2C(=O)N[C@H](C(=O)N(C)CCOc2ccccc2F)CC(=O)N[C@@H](CC(C)C)C(=O)N1C. The van der Waals surface area contributed by atoms with Crippen molar-refractivity contribution in [2.45, 2.75) is 65.1 Å². The number of para-hydroxylation sites is 2. The van der Waals surface area contributed by atoms with Crippen molar-refractivity contribution in [3.63, 3.8) is 0 Å². The van der Waals surface area contributed by atoms with E-state index in [0.717, 1.165) is 0 Å².